The zero-order valence-electron chi connectivity index (χ0n) is 13.3. The van der Waals surface area contributed by atoms with Crippen LogP contribution < -0.4 is 0 Å². The van der Waals surface area contributed by atoms with Crippen LogP contribution in [0.5, 0.6) is 0 Å². The minimum atomic E-state index is -0.177. The third-order valence-corrected chi connectivity index (χ3v) is 1.69. The third kappa shape index (κ3) is 14.6. The fourth-order valence-electron chi connectivity index (χ4n) is 1.03. The molecule has 1 heterocycles. The molecule has 0 amide bonds. The Labute approximate surface area is 117 Å². The van der Waals surface area contributed by atoms with E-state index in [0.717, 1.165) is 18.5 Å². The molecule has 0 aliphatic rings. The van der Waals surface area contributed by atoms with Gasteiger partial charge in [0, 0.05) is 19.7 Å². The van der Waals surface area contributed by atoms with Gasteiger partial charge >= 0.3 is 5.97 Å². The summed E-state index contributed by atoms with van der Waals surface area (Å²) in [5.41, 5.74) is 0.909. The number of carbonyl (C=O) groups is 1. The van der Waals surface area contributed by atoms with E-state index in [2.05, 4.69) is 42.7 Å². The van der Waals surface area contributed by atoms with Crippen LogP contribution in [0.25, 0.3) is 0 Å². The molecule has 0 fully saturated rings. The molecule has 1 aromatic rings. The molecule has 1 rings (SSSR count). The molecule has 112 valence electrons. The van der Waals surface area contributed by atoms with Crippen molar-refractivity contribution in [2.45, 2.75) is 59.8 Å². The Hall–Kier alpha value is -1.39. The van der Waals surface area contributed by atoms with Gasteiger partial charge in [-0.25, -0.2) is 0 Å². The van der Waals surface area contributed by atoms with E-state index in [1.165, 1.54) is 20.0 Å². The van der Waals surface area contributed by atoms with E-state index < -0.39 is 0 Å². The average Bonchev–Trinajstić information content (AvgIpc) is 2.77. The molecule has 0 saturated heterocycles. The topological polar surface area (TPSA) is 57.0 Å². The Morgan fingerprint density at radius 1 is 1.26 bits per heavy atom. The summed E-state index contributed by atoms with van der Waals surface area (Å²) < 4.78 is 6.16. The van der Waals surface area contributed by atoms with Gasteiger partial charge in [0.25, 0.3) is 0 Å². The first kappa shape index (κ1) is 19.9. The molecule has 5 nitrogen and oxygen atoms in total. The second-order valence-electron chi connectivity index (χ2n) is 4.23. The minimum absolute atomic E-state index is 0.177. The monoisotopic (exact) mass is 271 g/mol. The number of hydrogen-bond acceptors (Lipinski definition) is 4. The van der Waals surface area contributed by atoms with Crippen molar-refractivity contribution < 1.29 is 9.53 Å². The van der Waals surface area contributed by atoms with Crippen LogP contribution in [0.15, 0.2) is 6.20 Å². The lowest BCUT2D eigenvalue weighted by Gasteiger charge is -1.96. The predicted octanol–water partition coefficient (Wildman–Crippen LogP) is 3.14. The van der Waals surface area contributed by atoms with Crippen LogP contribution in [0.3, 0.4) is 0 Å². The summed E-state index contributed by atoms with van der Waals surface area (Å²) in [6.07, 6.45) is 6.30. The Morgan fingerprint density at radius 2 is 1.79 bits per heavy atom. The van der Waals surface area contributed by atoms with Gasteiger partial charge in [-0.3, -0.25) is 9.48 Å². The summed E-state index contributed by atoms with van der Waals surface area (Å²) in [4.78, 5) is 10.7. The molecule has 0 aromatic carbocycles. The Morgan fingerprint density at radius 3 is 2.16 bits per heavy atom. The number of nitrogens with zero attached hydrogens (tertiary/aromatic N) is 3. The lowest BCUT2D eigenvalue weighted by atomic mass is 10.2. The van der Waals surface area contributed by atoms with Crippen LogP contribution in [0.2, 0.25) is 0 Å². The van der Waals surface area contributed by atoms with E-state index in [4.69, 9.17) is 0 Å². The molecule has 19 heavy (non-hydrogen) atoms. The minimum Gasteiger partial charge on any atom is -0.469 e. The van der Waals surface area contributed by atoms with Crippen molar-refractivity contribution in [1.82, 2.24) is 15.0 Å². The van der Waals surface area contributed by atoms with E-state index >= 15 is 0 Å². The SMILES string of the molecule is CCC.CCC.COC(=O)CCCc1cn(C)nn1. The van der Waals surface area contributed by atoms with Crippen molar-refractivity contribution >= 4 is 5.97 Å². The van der Waals surface area contributed by atoms with Gasteiger partial charge in [0.2, 0.25) is 0 Å². The molecule has 0 atom stereocenters. The molecule has 1 aromatic heterocycles. The van der Waals surface area contributed by atoms with E-state index in [-0.39, 0.29) is 5.97 Å². The van der Waals surface area contributed by atoms with Gasteiger partial charge in [-0.1, -0.05) is 45.7 Å². The van der Waals surface area contributed by atoms with Crippen LogP contribution in [0, 0.1) is 0 Å². The Bertz CT molecular complexity index is 309. The fraction of sp³-hybridized carbons (Fsp3) is 0.786. The molecule has 5 heteroatoms. The highest BCUT2D eigenvalue weighted by Crippen LogP contribution is 2.00. The van der Waals surface area contributed by atoms with Crippen molar-refractivity contribution in [2.24, 2.45) is 7.05 Å². The first-order valence-corrected chi connectivity index (χ1v) is 6.97. The Kier molecular flexibility index (Phi) is 15.4. The van der Waals surface area contributed by atoms with E-state index in [9.17, 15) is 4.79 Å². The van der Waals surface area contributed by atoms with Gasteiger partial charge in [-0.15, -0.1) is 5.10 Å². The zero-order chi connectivity index (χ0) is 15.1. The van der Waals surface area contributed by atoms with Gasteiger partial charge in [0.05, 0.1) is 12.8 Å². The molecule has 0 bridgehead atoms. The second kappa shape index (κ2) is 14.7. The number of aromatic nitrogens is 3. The van der Waals surface area contributed by atoms with Crippen LogP contribution in [0.4, 0.5) is 0 Å². The standard InChI is InChI=1S/C8H13N3O2.2C3H8/c1-11-6-7(9-10-11)4-3-5-8(12)13-2;2*1-3-2/h6H,3-5H2,1-2H3;2*3H2,1-2H3. The van der Waals surface area contributed by atoms with Crippen LogP contribution >= 0.6 is 0 Å². The second-order valence-corrected chi connectivity index (χ2v) is 4.23. The molecular formula is C14H29N3O2. The maximum Gasteiger partial charge on any atom is 0.305 e. The smallest absolute Gasteiger partial charge is 0.305 e. The summed E-state index contributed by atoms with van der Waals surface area (Å²) in [6.45, 7) is 8.50. The van der Waals surface area contributed by atoms with Crippen LogP contribution in [0.1, 0.15) is 59.1 Å². The molecule has 0 N–H and O–H groups in total. The zero-order valence-corrected chi connectivity index (χ0v) is 13.3. The first-order chi connectivity index (χ1) is 9.05. The van der Waals surface area contributed by atoms with E-state index in [0.29, 0.717) is 6.42 Å². The quantitative estimate of drug-likeness (QED) is 0.789. The van der Waals surface area contributed by atoms with E-state index in [1.54, 1.807) is 4.68 Å². The number of methoxy groups -OCH3 is 1. The largest absolute Gasteiger partial charge is 0.469 e. The van der Waals surface area contributed by atoms with Gasteiger partial charge in [0.15, 0.2) is 0 Å². The van der Waals surface area contributed by atoms with Gasteiger partial charge in [-0.2, -0.15) is 0 Å². The molecule has 0 aliphatic heterocycles. The van der Waals surface area contributed by atoms with Crippen LogP contribution in [-0.2, 0) is 23.0 Å². The summed E-state index contributed by atoms with van der Waals surface area (Å²) in [5.74, 6) is -0.177. The third-order valence-electron chi connectivity index (χ3n) is 1.69. The molecule has 0 aliphatic carbocycles. The van der Waals surface area contributed by atoms with Crippen molar-refractivity contribution in [1.29, 1.82) is 0 Å². The van der Waals surface area contributed by atoms with Crippen molar-refractivity contribution in [3.05, 3.63) is 11.9 Å². The van der Waals surface area contributed by atoms with Crippen LogP contribution in [-0.4, -0.2) is 28.1 Å². The number of aryl methyl sites for hydroxylation is 2. The van der Waals surface area contributed by atoms with Crippen molar-refractivity contribution in [3.63, 3.8) is 0 Å². The number of rotatable bonds is 4. The highest BCUT2D eigenvalue weighted by atomic mass is 16.5. The first-order valence-electron chi connectivity index (χ1n) is 6.97. The number of ether oxygens (including phenoxy) is 1. The molecule has 0 spiro atoms. The molecule has 0 radical (unpaired) electrons. The summed E-state index contributed by atoms with van der Waals surface area (Å²) in [6, 6.07) is 0. The maximum absolute atomic E-state index is 10.7. The summed E-state index contributed by atoms with van der Waals surface area (Å²) in [7, 11) is 3.21. The highest BCUT2D eigenvalue weighted by Gasteiger charge is 2.02. The normalized spacial score (nSPS) is 8.74. The average molecular weight is 271 g/mol. The maximum atomic E-state index is 10.7. The number of carbonyl (C=O) groups excluding carboxylic acids is 1. The molecule has 0 saturated carbocycles. The molecular weight excluding hydrogens is 242 g/mol. The highest BCUT2D eigenvalue weighted by molar-refractivity contribution is 5.69. The summed E-state index contributed by atoms with van der Waals surface area (Å²) in [5, 5.41) is 7.68. The Balaban J connectivity index is 0. The molecule has 0 unspecified atom stereocenters. The van der Waals surface area contributed by atoms with Gasteiger partial charge < -0.3 is 4.74 Å². The number of hydrogen-bond donors (Lipinski definition) is 0. The van der Waals surface area contributed by atoms with Gasteiger partial charge in [-0.05, 0) is 12.8 Å². The van der Waals surface area contributed by atoms with Crippen molar-refractivity contribution in [2.75, 3.05) is 7.11 Å². The number of esters is 1. The predicted molar refractivity (Wildman–Crippen MR) is 77.9 cm³/mol. The lowest BCUT2D eigenvalue weighted by Crippen LogP contribution is -2.00. The van der Waals surface area contributed by atoms with E-state index in [1.807, 2.05) is 13.2 Å². The lowest BCUT2D eigenvalue weighted by molar-refractivity contribution is -0.140. The summed E-state index contributed by atoms with van der Waals surface area (Å²) >= 11 is 0. The van der Waals surface area contributed by atoms with Gasteiger partial charge in [0.1, 0.15) is 0 Å². The fourth-order valence-corrected chi connectivity index (χ4v) is 1.03. The van der Waals surface area contributed by atoms with Crippen molar-refractivity contribution in [3.8, 4) is 0 Å².